The smallest absolute Gasteiger partial charge is 0.127 e. The molecule has 0 heterocycles. The molecule has 0 aromatic heterocycles. The number of aromatic hydroxyl groups is 9. The molecule has 6 aromatic carbocycles. The minimum atomic E-state index is -0.773. The van der Waals surface area contributed by atoms with Gasteiger partial charge < -0.3 is 46.0 Å². The first kappa shape index (κ1) is 31.5. The van der Waals surface area contributed by atoms with Gasteiger partial charge in [-0.2, -0.15) is 0 Å². The van der Waals surface area contributed by atoms with Crippen molar-refractivity contribution in [2.24, 2.45) is 0 Å². The summed E-state index contributed by atoms with van der Waals surface area (Å²) >= 11 is 0. The average molecular weight is 681 g/mol. The zero-order valence-corrected chi connectivity index (χ0v) is 26.8. The maximum absolute atomic E-state index is 11.9. The summed E-state index contributed by atoms with van der Waals surface area (Å²) in [5.41, 5.74) is 5.22. The van der Waals surface area contributed by atoms with Crippen LogP contribution in [0.5, 0.6) is 51.7 Å². The van der Waals surface area contributed by atoms with Crippen molar-refractivity contribution in [3.63, 3.8) is 0 Å². The number of hydrogen-bond donors (Lipinski definition) is 9. The molecule has 4 atom stereocenters. The van der Waals surface area contributed by atoms with Gasteiger partial charge in [0.1, 0.15) is 51.7 Å². The fourth-order valence-corrected chi connectivity index (χ4v) is 8.29. The molecule has 9 N–H and O–H groups in total. The molecule has 0 fully saturated rings. The third-order valence-electron chi connectivity index (χ3n) is 10.1. The largest absolute Gasteiger partial charge is 0.508 e. The molecule has 8 rings (SSSR count). The monoisotopic (exact) mass is 680 g/mol. The van der Waals surface area contributed by atoms with Crippen LogP contribution in [-0.4, -0.2) is 46.0 Å². The molecule has 0 bridgehead atoms. The first-order valence-electron chi connectivity index (χ1n) is 16.2. The molecule has 0 spiro atoms. The molecule has 9 nitrogen and oxygen atoms in total. The van der Waals surface area contributed by atoms with Crippen LogP contribution in [-0.2, 0) is 0 Å². The van der Waals surface area contributed by atoms with Crippen molar-refractivity contribution in [2.75, 3.05) is 0 Å². The second-order valence-corrected chi connectivity index (χ2v) is 13.2. The predicted molar refractivity (Wildman–Crippen MR) is 191 cm³/mol. The van der Waals surface area contributed by atoms with Crippen LogP contribution in [0.3, 0.4) is 0 Å². The van der Waals surface area contributed by atoms with Crippen molar-refractivity contribution in [2.45, 2.75) is 23.7 Å². The zero-order valence-electron chi connectivity index (χ0n) is 26.8. The van der Waals surface area contributed by atoms with Gasteiger partial charge in [-0.05, 0) is 105 Å². The lowest BCUT2D eigenvalue weighted by Gasteiger charge is -2.43. The van der Waals surface area contributed by atoms with Gasteiger partial charge in [-0.3, -0.25) is 0 Å². The summed E-state index contributed by atoms with van der Waals surface area (Å²) in [5.74, 6) is -4.23. The number of phenolic OH excluding ortho intramolecular Hbond substituents is 9. The van der Waals surface area contributed by atoms with Gasteiger partial charge in [-0.1, -0.05) is 36.4 Å². The van der Waals surface area contributed by atoms with E-state index in [9.17, 15) is 46.0 Å². The SMILES string of the molecule is Oc1ccc(C=C2c3cc(O)cc(O)c3C(c3ccc(O)cc3)C3c4cc(O)cc(O)c4-c4cc(O)ccc4C3C2c2cc(O)cc(O)c2)cc1. The molecular formula is C42H32O9. The topological polar surface area (TPSA) is 182 Å². The Morgan fingerprint density at radius 1 is 0.392 bits per heavy atom. The van der Waals surface area contributed by atoms with E-state index in [0.29, 0.717) is 55.6 Å². The maximum Gasteiger partial charge on any atom is 0.127 e. The minimum Gasteiger partial charge on any atom is -0.508 e. The van der Waals surface area contributed by atoms with E-state index < -0.39 is 23.7 Å². The Kier molecular flexibility index (Phi) is 7.23. The Balaban J connectivity index is 1.59. The Bertz CT molecular complexity index is 2360. The van der Waals surface area contributed by atoms with Crippen LogP contribution in [0.4, 0.5) is 0 Å². The third kappa shape index (κ3) is 5.27. The molecule has 51 heavy (non-hydrogen) atoms. The van der Waals surface area contributed by atoms with Crippen molar-refractivity contribution in [3.8, 4) is 62.9 Å². The van der Waals surface area contributed by atoms with E-state index >= 15 is 0 Å². The molecule has 2 aliphatic carbocycles. The number of hydrogen-bond acceptors (Lipinski definition) is 9. The van der Waals surface area contributed by atoms with Gasteiger partial charge in [-0.25, -0.2) is 0 Å². The highest BCUT2D eigenvalue weighted by Gasteiger charge is 2.50. The summed E-state index contributed by atoms with van der Waals surface area (Å²) in [5, 5.41) is 98.5. The number of allylic oxidation sites excluding steroid dienone is 1. The summed E-state index contributed by atoms with van der Waals surface area (Å²) in [6.45, 7) is 0. The fourth-order valence-electron chi connectivity index (χ4n) is 8.29. The molecule has 254 valence electrons. The van der Waals surface area contributed by atoms with E-state index in [2.05, 4.69) is 0 Å². The highest BCUT2D eigenvalue weighted by Crippen LogP contribution is 2.67. The standard InChI is InChI=1S/C42H32O9/c43-23-5-1-20(2-6-23)11-31-33-16-28(48)19-36(51)40(33)38(21-3-7-24(44)8-4-21)42-34-17-29(49)18-35(50)39(34)32-15-25(45)9-10-30(32)41(42)37(31)22-12-26(46)14-27(47)13-22/h1-19,37-38,41-51H. The Morgan fingerprint density at radius 2 is 0.941 bits per heavy atom. The summed E-state index contributed by atoms with van der Waals surface area (Å²) in [6, 6.07) is 27.7. The lowest BCUT2D eigenvalue weighted by Crippen LogP contribution is -2.27. The molecule has 0 radical (unpaired) electrons. The van der Waals surface area contributed by atoms with Gasteiger partial charge in [-0.15, -0.1) is 0 Å². The number of fused-ring (bicyclic) bond motifs is 7. The quantitative estimate of drug-likeness (QED) is 0.0893. The normalized spacial score (nSPS) is 19.7. The summed E-state index contributed by atoms with van der Waals surface area (Å²) in [6.07, 6.45) is 1.86. The van der Waals surface area contributed by atoms with Crippen molar-refractivity contribution in [3.05, 3.63) is 148 Å². The summed E-state index contributed by atoms with van der Waals surface area (Å²) in [7, 11) is 0. The van der Waals surface area contributed by atoms with Crippen molar-refractivity contribution in [1.29, 1.82) is 0 Å². The van der Waals surface area contributed by atoms with E-state index in [1.54, 1.807) is 48.5 Å². The van der Waals surface area contributed by atoms with E-state index in [-0.39, 0.29) is 51.7 Å². The van der Waals surface area contributed by atoms with Gasteiger partial charge in [0.15, 0.2) is 0 Å². The molecule has 2 aliphatic rings. The van der Waals surface area contributed by atoms with Crippen LogP contribution in [0.15, 0.2) is 109 Å². The van der Waals surface area contributed by atoms with Gasteiger partial charge in [0, 0.05) is 53.0 Å². The van der Waals surface area contributed by atoms with Crippen LogP contribution in [0.25, 0.3) is 22.8 Å². The number of phenols is 9. The van der Waals surface area contributed by atoms with Crippen LogP contribution in [0, 0.1) is 0 Å². The first-order chi connectivity index (χ1) is 24.5. The molecule has 0 saturated heterocycles. The molecule has 0 aliphatic heterocycles. The summed E-state index contributed by atoms with van der Waals surface area (Å²) < 4.78 is 0. The van der Waals surface area contributed by atoms with Crippen molar-refractivity contribution >= 4 is 11.6 Å². The number of benzene rings is 6. The lowest BCUT2D eigenvalue weighted by molar-refractivity contribution is 0.419. The van der Waals surface area contributed by atoms with Crippen LogP contribution >= 0.6 is 0 Å². The van der Waals surface area contributed by atoms with Crippen LogP contribution in [0.2, 0.25) is 0 Å². The minimum absolute atomic E-state index is 0.0141. The van der Waals surface area contributed by atoms with E-state index in [4.69, 9.17) is 0 Å². The first-order valence-corrected chi connectivity index (χ1v) is 16.2. The van der Waals surface area contributed by atoms with Gasteiger partial charge >= 0.3 is 0 Å². The van der Waals surface area contributed by atoms with E-state index in [0.717, 1.165) is 0 Å². The van der Waals surface area contributed by atoms with Crippen LogP contribution in [0.1, 0.15) is 62.6 Å². The Labute approximate surface area is 291 Å². The second-order valence-electron chi connectivity index (χ2n) is 13.2. The fraction of sp³-hybridized carbons (Fsp3) is 0.0952. The molecule has 6 aromatic rings. The second kappa shape index (κ2) is 11.7. The van der Waals surface area contributed by atoms with Gasteiger partial charge in [0.25, 0.3) is 0 Å². The van der Waals surface area contributed by atoms with Crippen molar-refractivity contribution < 1.29 is 46.0 Å². The Hall–Kier alpha value is -6.74. The maximum atomic E-state index is 11.9. The molecule has 0 saturated carbocycles. The van der Waals surface area contributed by atoms with Crippen molar-refractivity contribution in [1.82, 2.24) is 0 Å². The molecule has 0 amide bonds. The highest BCUT2D eigenvalue weighted by atomic mass is 16.3. The summed E-state index contributed by atoms with van der Waals surface area (Å²) in [4.78, 5) is 0. The highest BCUT2D eigenvalue weighted by molar-refractivity contribution is 5.92. The predicted octanol–water partition coefficient (Wildman–Crippen LogP) is 8.05. The third-order valence-corrected chi connectivity index (χ3v) is 10.1. The van der Waals surface area contributed by atoms with E-state index in [1.807, 2.05) is 6.08 Å². The molecular weight excluding hydrogens is 648 g/mol. The average Bonchev–Trinajstić information content (AvgIpc) is 3.18. The van der Waals surface area contributed by atoms with E-state index in [1.165, 1.54) is 60.7 Å². The zero-order chi connectivity index (χ0) is 35.7. The van der Waals surface area contributed by atoms with Gasteiger partial charge in [0.05, 0.1) is 0 Å². The molecule has 9 heteroatoms. The molecule has 4 unspecified atom stereocenters. The van der Waals surface area contributed by atoms with Gasteiger partial charge in [0.2, 0.25) is 0 Å². The van der Waals surface area contributed by atoms with Crippen LogP contribution < -0.4 is 0 Å². The number of rotatable bonds is 3. The lowest BCUT2D eigenvalue weighted by atomic mass is 9.60. The Morgan fingerprint density at radius 3 is 1.63 bits per heavy atom.